The quantitative estimate of drug-likeness (QED) is 0.790. The molecule has 0 bridgehead atoms. The molecule has 17 heavy (non-hydrogen) atoms. The van der Waals surface area contributed by atoms with Gasteiger partial charge in [0, 0.05) is 16.2 Å². The summed E-state index contributed by atoms with van der Waals surface area (Å²) in [5, 5.41) is 2.24. The van der Waals surface area contributed by atoms with Gasteiger partial charge >= 0.3 is 5.97 Å². The molecule has 1 aromatic heterocycles. The van der Waals surface area contributed by atoms with Crippen molar-refractivity contribution in [2.24, 2.45) is 0 Å². The second-order valence-electron chi connectivity index (χ2n) is 3.50. The van der Waals surface area contributed by atoms with Crippen molar-refractivity contribution in [3.8, 4) is 5.75 Å². The van der Waals surface area contributed by atoms with Gasteiger partial charge in [-0.1, -0.05) is 0 Å². The monoisotopic (exact) mass is 254 g/mol. The van der Waals surface area contributed by atoms with Crippen LogP contribution in [0, 0.1) is 5.82 Å². The average molecular weight is 254 g/mol. The van der Waals surface area contributed by atoms with Gasteiger partial charge in [0.2, 0.25) is 0 Å². The Kier molecular flexibility index (Phi) is 3.28. The minimum absolute atomic E-state index is 0.0831. The van der Waals surface area contributed by atoms with Crippen LogP contribution in [-0.2, 0) is 16.0 Å². The number of hydrogen-bond donors (Lipinski definition) is 0. The van der Waals surface area contributed by atoms with Crippen molar-refractivity contribution in [2.45, 2.75) is 6.42 Å². The smallest absolute Gasteiger partial charge is 0.310 e. The van der Waals surface area contributed by atoms with E-state index in [1.807, 2.05) is 0 Å². The molecule has 0 aliphatic carbocycles. The molecule has 0 amide bonds. The molecular formula is C12H11FO3S. The zero-order valence-electron chi connectivity index (χ0n) is 9.45. The van der Waals surface area contributed by atoms with Crippen LogP contribution in [0.4, 0.5) is 4.39 Å². The van der Waals surface area contributed by atoms with Crippen LogP contribution >= 0.6 is 11.3 Å². The van der Waals surface area contributed by atoms with Gasteiger partial charge in [0.05, 0.1) is 20.6 Å². The summed E-state index contributed by atoms with van der Waals surface area (Å²) in [6.45, 7) is 0. The van der Waals surface area contributed by atoms with Gasteiger partial charge in [0.1, 0.15) is 11.6 Å². The first-order valence-corrected chi connectivity index (χ1v) is 5.84. The third-order valence-corrected chi connectivity index (χ3v) is 3.45. The van der Waals surface area contributed by atoms with E-state index in [0.29, 0.717) is 16.7 Å². The van der Waals surface area contributed by atoms with E-state index in [4.69, 9.17) is 4.74 Å². The summed E-state index contributed by atoms with van der Waals surface area (Å²) in [5.41, 5.74) is 0.650. The third kappa shape index (κ3) is 2.24. The standard InChI is InChI=1S/C12H11FO3S/c1-15-8-4-9(13)12-7(3-11(14)16-2)6-17-10(12)5-8/h4-6H,3H2,1-2H3. The van der Waals surface area contributed by atoms with E-state index >= 15 is 0 Å². The van der Waals surface area contributed by atoms with Crippen LogP contribution in [0.2, 0.25) is 0 Å². The molecule has 3 nitrogen and oxygen atoms in total. The fraction of sp³-hybridized carbons (Fsp3) is 0.250. The first-order valence-electron chi connectivity index (χ1n) is 4.96. The van der Waals surface area contributed by atoms with Crippen LogP contribution in [0.25, 0.3) is 10.1 Å². The van der Waals surface area contributed by atoms with Gasteiger partial charge in [-0.3, -0.25) is 4.79 Å². The molecule has 0 saturated heterocycles. The van der Waals surface area contributed by atoms with Crippen molar-refractivity contribution in [1.82, 2.24) is 0 Å². The van der Waals surface area contributed by atoms with Crippen LogP contribution in [0.5, 0.6) is 5.75 Å². The number of benzene rings is 1. The predicted octanol–water partition coefficient (Wildman–Crippen LogP) is 2.76. The van der Waals surface area contributed by atoms with Crippen molar-refractivity contribution in [3.05, 3.63) is 28.9 Å². The van der Waals surface area contributed by atoms with Crippen molar-refractivity contribution in [1.29, 1.82) is 0 Å². The molecule has 0 atom stereocenters. The molecule has 0 unspecified atom stereocenters. The van der Waals surface area contributed by atoms with Crippen molar-refractivity contribution >= 4 is 27.4 Å². The first-order chi connectivity index (χ1) is 8.15. The number of hydrogen-bond acceptors (Lipinski definition) is 4. The van der Waals surface area contributed by atoms with Crippen LogP contribution in [0.3, 0.4) is 0 Å². The van der Waals surface area contributed by atoms with Gasteiger partial charge in [-0.25, -0.2) is 4.39 Å². The van der Waals surface area contributed by atoms with Crippen LogP contribution < -0.4 is 4.74 Å². The lowest BCUT2D eigenvalue weighted by Crippen LogP contribution is -2.04. The zero-order chi connectivity index (χ0) is 12.4. The van der Waals surface area contributed by atoms with Crippen LogP contribution in [0.15, 0.2) is 17.5 Å². The number of halogens is 1. The molecule has 0 saturated carbocycles. The van der Waals surface area contributed by atoms with Crippen LogP contribution in [-0.4, -0.2) is 20.2 Å². The average Bonchev–Trinajstić information content (AvgIpc) is 2.72. The highest BCUT2D eigenvalue weighted by atomic mass is 32.1. The Hall–Kier alpha value is -1.62. The highest BCUT2D eigenvalue weighted by Crippen LogP contribution is 2.32. The predicted molar refractivity (Wildman–Crippen MR) is 64.1 cm³/mol. The molecule has 2 rings (SSSR count). The number of carbonyl (C=O) groups excluding carboxylic acids is 1. The van der Waals surface area contributed by atoms with E-state index in [1.165, 1.54) is 31.6 Å². The molecule has 2 aromatic rings. The van der Waals surface area contributed by atoms with E-state index in [9.17, 15) is 9.18 Å². The lowest BCUT2D eigenvalue weighted by atomic mass is 10.1. The zero-order valence-corrected chi connectivity index (χ0v) is 10.3. The fourth-order valence-corrected chi connectivity index (χ4v) is 2.63. The lowest BCUT2D eigenvalue weighted by molar-refractivity contribution is -0.139. The summed E-state index contributed by atoms with van der Waals surface area (Å²) in [6.07, 6.45) is 0.0831. The topological polar surface area (TPSA) is 35.5 Å². The maximum absolute atomic E-state index is 13.9. The number of fused-ring (bicyclic) bond motifs is 1. The maximum atomic E-state index is 13.9. The molecule has 0 spiro atoms. The highest BCUT2D eigenvalue weighted by Gasteiger charge is 2.14. The number of carbonyl (C=O) groups is 1. The Morgan fingerprint density at radius 1 is 1.41 bits per heavy atom. The van der Waals surface area contributed by atoms with Gasteiger partial charge < -0.3 is 9.47 Å². The van der Waals surface area contributed by atoms with Gasteiger partial charge in [-0.2, -0.15) is 0 Å². The number of thiophene rings is 1. The summed E-state index contributed by atoms with van der Waals surface area (Å²) in [7, 11) is 2.81. The summed E-state index contributed by atoms with van der Waals surface area (Å²) < 4.78 is 24.2. The van der Waals surface area contributed by atoms with Crippen molar-refractivity contribution in [2.75, 3.05) is 14.2 Å². The molecule has 5 heteroatoms. The number of rotatable bonds is 3. The summed E-state index contributed by atoms with van der Waals surface area (Å²) in [4.78, 5) is 11.2. The van der Waals surface area contributed by atoms with Crippen LogP contribution in [0.1, 0.15) is 5.56 Å². The third-order valence-electron chi connectivity index (χ3n) is 2.47. The Morgan fingerprint density at radius 3 is 2.82 bits per heavy atom. The summed E-state index contributed by atoms with van der Waals surface area (Å²) in [6, 6.07) is 3.07. The van der Waals surface area contributed by atoms with E-state index in [0.717, 1.165) is 4.70 Å². The minimum atomic E-state index is -0.375. The van der Waals surface area contributed by atoms with Crippen molar-refractivity contribution in [3.63, 3.8) is 0 Å². The Balaban J connectivity index is 2.49. The Labute approximate surface area is 102 Å². The largest absolute Gasteiger partial charge is 0.497 e. The van der Waals surface area contributed by atoms with Crippen molar-refractivity contribution < 1.29 is 18.7 Å². The minimum Gasteiger partial charge on any atom is -0.497 e. The number of methoxy groups -OCH3 is 2. The van der Waals surface area contributed by atoms with E-state index < -0.39 is 0 Å². The maximum Gasteiger partial charge on any atom is 0.310 e. The highest BCUT2D eigenvalue weighted by molar-refractivity contribution is 7.17. The SMILES string of the molecule is COC(=O)Cc1csc2cc(OC)cc(F)c12. The first kappa shape index (κ1) is 11.9. The Morgan fingerprint density at radius 2 is 2.18 bits per heavy atom. The molecule has 0 aliphatic heterocycles. The second kappa shape index (κ2) is 4.71. The normalized spacial score (nSPS) is 10.5. The molecule has 0 fully saturated rings. The second-order valence-corrected chi connectivity index (χ2v) is 4.41. The molecule has 1 heterocycles. The van der Waals surface area contributed by atoms with E-state index in [-0.39, 0.29) is 18.2 Å². The van der Waals surface area contributed by atoms with E-state index in [2.05, 4.69) is 4.74 Å². The number of ether oxygens (including phenoxy) is 2. The molecule has 1 aromatic carbocycles. The Bertz CT molecular complexity index is 562. The van der Waals surface area contributed by atoms with Gasteiger partial charge in [-0.05, 0) is 17.0 Å². The summed E-state index contributed by atoms with van der Waals surface area (Å²) in [5.74, 6) is -0.277. The molecule has 0 N–H and O–H groups in total. The number of esters is 1. The van der Waals surface area contributed by atoms with Gasteiger partial charge in [0.25, 0.3) is 0 Å². The molecule has 0 aliphatic rings. The molecular weight excluding hydrogens is 243 g/mol. The fourth-order valence-electron chi connectivity index (χ4n) is 1.63. The molecule has 90 valence electrons. The lowest BCUT2D eigenvalue weighted by Gasteiger charge is -2.02. The van der Waals surface area contributed by atoms with Gasteiger partial charge in [0.15, 0.2) is 0 Å². The summed E-state index contributed by atoms with van der Waals surface area (Å²) >= 11 is 1.38. The van der Waals surface area contributed by atoms with E-state index in [1.54, 1.807) is 11.4 Å². The molecule has 0 radical (unpaired) electrons. The van der Waals surface area contributed by atoms with Gasteiger partial charge in [-0.15, -0.1) is 11.3 Å².